The average molecular weight is 589 g/mol. The monoisotopic (exact) mass is 588 g/mol. The first-order valence-electron chi connectivity index (χ1n) is 15.3. The molecule has 1 aliphatic carbocycles. The average Bonchev–Trinajstić information content (AvgIpc) is 3.72. The van der Waals surface area contributed by atoms with Gasteiger partial charge in [-0.2, -0.15) is 10.5 Å². The molecule has 0 N–H and O–H groups in total. The molecule has 0 radical (unpaired) electrons. The molecular formula is C41H24N4O. The van der Waals surface area contributed by atoms with Gasteiger partial charge in [0, 0.05) is 55.5 Å². The Morgan fingerprint density at radius 3 is 2.02 bits per heavy atom. The molecule has 3 aromatic heterocycles. The molecule has 0 aliphatic heterocycles. The lowest BCUT2D eigenvalue weighted by Crippen LogP contribution is -2.02. The molecule has 0 bridgehead atoms. The largest absolute Gasteiger partial charge is 0.456 e. The highest BCUT2D eigenvalue weighted by molar-refractivity contribution is 6.11. The maximum absolute atomic E-state index is 9.67. The molecular weight excluding hydrogens is 564 g/mol. The summed E-state index contributed by atoms with van der Waals surface area (Å²) < 4.78 is 10.9. The predicted molar refractivity (Wildman–Crippen MR) is 184 cm³/mol. The summed E-state index contributed by atoms with van der Waals surface area (Å²) >= 11 is 0. The van der Waals surface area contributed by atoms with Crippen LogP contribution < -0.4 is 0 Å². The van der Waals surface area contributed by atoms with Crippen molar-refractivity contribution < 1.29 is 4.42 Å². The van der Waals surface area contributed by atoms with Crippen LogP contribution in [0.25, 0.3) is 72.1 Å². The second kappa shape index (κ2) is 9.76. The molecule has 1 aliphatic rings. The zero-order chi connectivity index (χ0) is 30.9. The van der Waals surface area contributed by atoms with Crippen molar-refractivity contribution >= 4 is 60.7 Å². The summed E-state index contributed by atoms with van der Waals surface area (Å²) in [6.45, 7) is 2.10. The number of nitrogens with zero attached hydrogens (tertiary/aromatic N) is 4. The fourth-order valence-electron chi connectivity index (χ4n) is 7.03. The summed E-state index contributed by atoms with van der Waals surface area (Å²) in [5.74, 6) is 6.89. The first-order valence-corrected chi connectivity index (χ1v) is 15.3. The van der Waals surface area contributed by atoms with Gasteiger partial charge in [0.2, 0.25) is 0 Å². The van der Waals surface area contributed by atoms with Crippen LogP contribution in [0.5, 0.6) is 0 Å². The zero-order valence-corrected chi connectivity index (χ0v) is 24.9. The number of furan rings is 1. The van der Waals surface area contributed by atoms with Gasteiger partial charge in [-0.05, 0) is 85.8 Å². The van der Waals surface area contributed by atoms with Crippen molar-refractivity contribution in [3.8, 4) is 35.4 Å². The first kappa shape index (κ1) is 26.0. The molecule has 5 heteroatoms. The number of para-hydroxylation sites is 1. The highest BCUT2D eigenvalue weighted by atomic mass is 16.3. The molecule has 5 aromatic carbocycles. The Hall–Kier alpha value is -6.48. The van der Waals surface area contributed by atoms with Crippen LogP contribution in [0, 0.1) is 40.4 Å². The maximum atomic E-state index is 9.67. The third-order valence-corrected chi connectivity index (χ3v) is 9.13. The van der Waals surface area contributed by atoms with Gasteiger partial charge in [-0.1, -0.05) is 42.2 Å². The normalized spacial score (nSPS) is 14.2. The minimum Gasteiger partial charge on any atom is -0.456 e. The minimum atomic E-state index is 0.163. The van der Waals surface area contributed by atoms with Crippen LogP contribution in [0.4, 0.5) is 0 Å². The minimum absolute atomic E-state index is 0.163. The third-order valence-electron chi connectivity index (χ3n) is 9.13. The number of hydrogen-bond acceptors (Lipinski definition) is 3. The molecule has 46 heavy (non-hydrogen) atoms. The number of benzene rings is 5. The van der Waals surface area contributed by atoms with E-state index < -0.39 is 0 Å². The maximum Gasteiger partial charge on any atom is 0.135 e. The predicted octanol–water partition coefficient (Wildman–Crippen LogP) is 9.58. The highest BCUT2D eigenvalue weighted by Crippen LogP contribution is 2.38. The van der Waals surface area contributed by atoms with E-state index in [-0.39, 0.29) is 5.92 Å². The second-order valence-electron chi connectivity index (χ2n) is 11.8. The van der Waals surface area contributed by atoms with Crippen molar-refractivity contribution in [1.29, 1.82) is 10.5 Å². The Labute approximate surface area is 264 Å². The van der Waals surface area contributed by atoms with Crippen molar-refractivity contribution in [3.05, 3.63) is 126 Å². The fourth-order valence-corrected chi connectivity index (χ4v) is 7.03. The van der Waals surface area contributed by atoms with E-state index in [0.717, 1.165) is 77.3 Å². The smallest absolute Gasteiger partial charge is 0.135 e. The number of hydrogen-bond donors (Lipinski definition) is 0. The lowest BCUT2D eigenvalue weighted by molar-refractivity contribution is 0.669. The molecule has 0 amide bonds. The van der Waals surface area contributed by atoms with E-state index in [0.29, 0.717) is 17.5 Å². The Bertz CT molecular complexity index is 2780. The van der Waals surface area contributed by atoms with Gasteiger partial charge in [0.15, 0.2) is 0 Å². The van der Waals surface area contributed by atoms with Crippen LogP contribution in [-0.2, 0) is 6.42 Å². The van der Waals surface area contributed by atoms with Gasteiger partial charge < -0.3 is 13.6 Å². The highest BCUT2D eigenvalue weighted by Gasteiger charge is 2.20. The fraction of sp³-hybridized carbons (Fsp3) is 0.0732. The van der Waals surface area contributed by atoms with E-state index in [1.807, 2.05) is 60.7 Å². The summed E-state index contributed by atoms with van der Waals surface area (Å²) in [4.78, 5) is 0. The van der Waals surface area contributed by atoms with Crippen LogP contribution >= 0.6 is 0 Å². The van der Waals surface area contributed by atoms with E-state index in [1.165, 1.54) is 0 Å². The van der Waals surface area contributed by atoms with Gasteiger partial charge in [-0.15, -0.1) is 0 Å². The van der Waals surface area contributed by atoms with Crippen molar-refractivity contribution in [2.45, 2.75) is 13.3 Å². The summed E-state index contributed by atoms with van der Waals surface area (Å²) in [7, 11) is 0. The van der Waals surface area contributed by atoms with Gasteiger partial charge in [0.25, 0.3) is 0 Å². The van der Waals surface area contributed by atoms with E-state index in [1.54, 1.807) is 0 Å². The summed E-state index contributed by atoms with van der Waals surface area (Å²) in [5.41, 5.74) is 10.3. The lowest BCUT2D eigenvalue weighted by Gasteiger charge is -2.11. The Balaban J connectivity index is 1.28. The van der Waals surface area contributed by atoms with Gasteiger partial charge >= 0.3 is 0 Å². The molecule has 0 spiro atoms. The van der Waals surface area contributed by atoms with Crippen molar-refractivity contribution in [3.63, 3.8) is 0 Å². The van der Waals surface area contributed by atoms with E-state index >= 15 is 0 Å². The van der Waals surface area contributed by atoms with Crippen LogP contribution in [0.3, 0.4) is 0 Å². The molecule has 0 unspecified atom stereocenters. The molecule has 3 heterocycles. The number of aromatic nitrogens is 2. The van der Waals surface area contributed by atoms with Crippen LogP contribution in [0.15, 0.2) is 108 Å². The summed E-state index contributed by atoms with van der Waals surface area (Å²) in [6, 6.07) is 37.4. The number of fused-ring (bicyclic) bond motifs is 9. The zero-order valence-electron chi connectivity index (χ0n) is 24.9. The Kier molecular flexibility index (Phi) is 5.51. The molecule has 8 aromatic rings. The van der Waals surface area contributed by atoms with Gasteiger partial charge in [-0.3, -0.25) is 0 Å². The number of allylic oxidation sites excluding steroid dienone is 1. The van der Waals surface area contributed by atoms with Crippen molar-refractivity contribution in [1.82, 2.24) is 9.13 Å². The van der Waals surface area contributed by atoms with Crippen molar-refractivity contribution in [2.75, 3.05) is 0 Å². The van der Waals surface area contributed by atoms with Gasteiger partial charge in [0.05, 0.1) is 46.2 Å². The summed E-state index contributed by atoms with van der Waals surface area (Å²) in [6.07, 6.45) is 4.91. The second-order valence-corrected chi connectivity index (χ2v) is 11.8. The summed E-state index contributed by atoms with van der Waals surface area (Å²) in [5, 5.41) is 24.5. The molecule has 1 atom stereocenters. The SMILES string of the molecule is C[C@H]1C#CCc2c(c3cc(C#N)ccc3n2-c2ccc3oc4ccc(-n5c6ccccc6c6cc(C#N)ccc65)cc4c3c2)C=C1. The Morgan fingerprint density at radius 2 is 1.30 bits per heavy atom. The molecule has 0 saturated heterocycles. The van der Waals surface area contributed by atoms with E-state index in [4.69, 9.17) is 4.42 Å². The number of nitriles is 2. The molecule has 9 rings (SSSR count). The van der Waals surface area contributed by atoms with Gasteiger partial charge in [0.1, 0.15) is 11.2 Å². The lowest BCUT2D eigenvalue weighted by atomic mass is 10.0. The molecule has 214 valence electrons. The van der Waals surface area contributed by atoms with Crippen LogP contribution in [-0.4, -0.2) is 9.13 Å². The third kappa shape index (κ3) is 3.75. The number of rotatable bonds is 2. The first-order chi connectivity index (χ1) is 22.6. The Morgan fingerprint density at radius 1 is 0.674 bits per heavy atom. The van der Waals surface area contributed by atoms with Gasteiger partial charge in [-0.25, -0.2) is 0 Å². The molecule has 5 nitrogen and oxygen atoms in total. The van der Waals surface area contributed by atoms with E-state index in [2.05, 4.69) is 88.6 Å². The quantitative estimate of drug-likeness (QED) is 0.189. The van der Waals surface area contributed by atoms with E-state index in [9.17, 15) is 10.5 Å². The topological polar surface area (TPSA) is 70.6 Å². The van der Waals surface area contributed by atoms with Crippen LogP contribution in [0.2, 0.25) is 0 Å². The van der Waals surface area contributed by atoms with Crippen LogP contribution in [0.1, 0.15) is 29.3 Å². The van der Waals surface area contributed by atoms with Crippen molar-refractivity contribution in [2.24, 2.45) is 5.92 Å². The standard InChI is InChI=1S/C41H24N4O/c1-25-5-4-8-37-31(14-9-25)33-20-27(24-43)11-16-39(33)45(37)29-13-18-41-35(22-29)34-21-28(12-17-40(34)46-41)44-36-7-3-2-6-30(36)32-19-26(23-42)10-15-38(32)44/h2-3,6-7,9-22,25H,8H2,1H3/t25-/m0/s1. The molecule has 0 saturated carbocycles. The molecule has 0 fully saturated rings.